The van der Waals surface area contributed by atoms with Crippen molar-refractivity contribution >= 4 is 95.5 Å². The summed E-state index contributed by atoms with van der Waals surface area (Å²) in [6, 6.07) is 29.5. The molecule has 1 saturated carbocycles. The first kappa shape index (κ1) is 37.7. The highest BCUT2D eigenvalue weighted by atomic mass is 79.9. The van der Waals surface area contributed by atoms with Crippen molar-refractivity contribution in [2.45, 2.75) is 32.6 Å². The third-order valence-electron chi connectivity index (χ3n) is 13.0. The van der Waals surface area contributed by atoms with Crippen LogP contribution in [0.2, 0.25) is 5.02 Å². The number of carbonyl (C=O) groups is 4. The van der Waals surface area contributed by atoms with Gasteiger partial charge in [0.25, 0.3) is 0 Å². The van der Waals surface area contributed by atoms with Gasteiger partial charge in [0, 0.05) is 50.2 Å². The molecule has 2 saturated heterocycles. The molecule has 4 aliphatic rings. The van der Waals surface area contributed by atoms with E-state index in [2.05, 4.69) is 21.2 Å². The number of anilines is 4. The molecule has 10 nitrogen and oxygen atoms in total. The Morgan fingerprint density at radius 3 is 2.39 bits per heavy atom. The monoisotopic (exact) mass is 885 g/mol. The SMILES string of the molecule is Cc1c(-c2cc(N3C(=O)[C@@H]4C[C@@H]5C(=CC[C@@H]6C(=O)N(c7ccc(Nc8ccccc8)cc7)C(=O)[C@@H]65)[C@H](c5cc(Br)ccc5O)[C@]4(C)C3=O)n(C)n2)sc2ccc(Cl)cc12. The van der Waals surface area contributed by atoms with Crippen LogP contribution in [0.1, 0.15) is 36.8 Å². The summed E-state index contributed by atoms with van der Waals surface area (Å²) in [6.45, 7) is 3.81. The number of nitrogens with one attached hydrogen (secondary N) is 1. The summed E-state index contributed by atoms with van der Waals surface area (Å²) in [5, 5.41) is 21.3. The quantitative estimate of drug-likeness (QED) is 0.126. The van der Waals surface area contributed by atoms with Crippen molar-refractivity contribution in [3.8, 4) is 16.3 Å². The van der Waals surface area contributed by atoms with Crippen molar-refractivity contribution in [1.82, 2.24) is 9.78 Å². The van der Waals surface area contributed by atoms with Crippen LogP contribution in [-0.4, -0.2) is 38.5 Å². The van der Waals surface area contributed by atoms with Crippen LogP contribution in [-0.2, 0) is 26.2 Å². The minimum absolute atomic E-state index is 0.0247. The lowest BCUT2D eigenvalue weighted by Gasteiger charge is -2.49. The van der Waals surface area contributed by atoms with Gasteiger partial charge < -0.3 is 10.4 Å². The molecule has 3 fully saturated rings. The first-order valence-electron chi connectivity index (χ1n) is 19.4. The second-order valence-corrected chi connectivity index (χ2v) is 18.5. The predicted octanol–water partition coefficient (Wildman–Crippen LogP) is 9.91. The van der Waals surface area contributed by atoms with Gasteiger partial charge >= 0.3 is 0 Å². The molecule has 4 heterocycles. The number of carbonyl (C=O) groups excluding carboxylic acids is 4. The Bertz CT molecular complexity index is 2820. The highest BCUT2D eigenvalue weighted by molar-refractivity contribution is 9.10. The van der Waals surface area contributed by atoms with Crippen LogP contribution < -0.4 is 15.1 Å². The molecule has 0 bridgehead atoms. The predicted molar refractivity (Wildman–Crippen MR) is 233 cm³/mol. The van der Waals surface area contributed by atoms with E-state index in [4.69, 9.17) is 16.7 Å². The van der Waals surface area contributed by atoms with Crippen molar-refractivity contribution in [3.63, 3.8) is 0 Å². The molecule has 6 aromatic rings. The summed E-state index contributed by atoms with van der Waals surface area (Å²) in [4.78, 5) is 62.5. The van der Waals surface area contributed by atoms with Gasteiger partial charge in [-0.25, -0.2) is 4.90 Å². The number of allylic oxidation sites excluding steroid dienone is 2. The molecule has 13 heteroatoms. The summed E-state index contributed by atoms with van der Waals surface area (Å²) < 4.78 is 3.30. The number of imide groups is 2. The number of benzene rings is 4. The summed E-state index contributed by atoms with van der Waals surface area (Å²) in [6.07, 6.45) is 2.45. The minimum atomic E-state index is -1.34. The molecule has 0 spiro atoms. The number of amides is 4. The first-order valence-corrected chi connectivity index (χ1v) is 21.4. The minimum Gasteiger partial charge on any atom is -0.508 e. The molecule has 4 aromatic carbocycles. The van der Waals surface area contributed by atoms with Gasteiger partial charge in [0.15, 0.2) is 0 Å². The maximum absolute atomic E-state index is 15.2. The molecule has 6 atom stereocenters. The fourth-order valence-corrected chi connectivity index (χ4v) is 11.9. The number of phenols is 1. The van der Waals surface area contributed by atoms with Gasteiger partial charge in [-0.15, -0.1) is 11.3 Å². The van der Waals surface area contributed by atoms with Crippen molar-refractivity contribution in [1.29, 1.82) is 0 Å². The van der Waals surface area contributed by atoms with Gasteiger partial charge in [0.2, 0.25) is 23.6 Å². The van der Waals surface area contributed by atoms with Gasteiger partial charge in [-0.05, 0) is 116 Å². The number of nitrogens with zero attached hydrogens (tertiary/aromatic N) is 4. The number of rotatable bonds is 6. The average molecular weight is 887 g/mol. The number of hydrogen-bond donors (Lipinski definition) is 2. The molecule has 2 N–H and O–H groups in total. The number of aromatic nitrogens is 2. The highest BCUT2D eigenvalue weighted by Crippen LogP contribution is 2.64. The standard InChI is InChI=1S/C46H37BrClN5O5S/c1-23-31-20-25(48)10-18-37(31)59-41(23)35-22-38(51(3)50-35)53-43(56)34-21-32-29(40(46(34,2)45(53)58)33-19-24(47)9-17-36(33)54)15-16-30-39(32)44(57)52(42(30)55)28-13-11-27(12-14-28)49-26-7-5-4-6-8-26/h4-15,17-20,22,30,32,34,39-40,49,54H,16,21H2,1-3H3/t30-,32+,34-,39-,40+,46+/m0/s1. The summed E-state index contributed by atoms with van der Waals surface area (Å²) >= 11 is 11.5. The molecule has 10 rings (SSSR count). The largest absolute Gasteiger partial charge is 0.508 e. The van der Waals surface area contributed by atoms with E-state index in [1.807, 2.05) is 80.6 Å². The summed E-state index contributed by atoms with van der Waals surface area (Å²) in [5.41, 5.74) is 3.73. The van der Waals surface area contributed by atoms with Gasteiger partial charge in [0.1, 0.15) is 17.3 Å². The Kier molecular flexibility index (Phi) is 8.79. The van der Waals surface area contributed by atoms with Crippen LogP contribution in [0.3, 0.4) is 0 Å². The van der Waals surface area contributed by atoms with Crippen molar-refractivity contribution in [2.24, 2.45) is 36.1 Å². The van der Waals surface area contributed by atoms with Crippen LogP contribution in [0.15, 0.2) is 113 Å². The molecule has 0 radical (unpaired) electrons. The third kappa shape index (κ3) is 5.67. The Morgan fingerprint density at radius 1 is 0.881 bits per heavy atom. The molecule has 4 amide bonds. The maximum Gasteiger partial charge on any atom is 0.242 e. The van der Waals surface area contributed by atoms with Crippen molar-refractivity contribution in [2.75, 3.05) is 15.1 Å². The summed E-state index contributed by atoms with van der Waals surface area (Å²) in [7, 11) is 1.72. The Labute approximate surface area is 357 Å². The normalized spacial score (nSPS) is 25.0. The van der Waals surface area contributed by atoms with Crippen molar-refractivity contribution in [3.05, 3.63) is 129 Å². The lowest BCUT2D eigenvalue weighted by molar-refractivity contribution is -0.131. The molecule has 2 aliphatic heterocycles. The number of aryl methyl sites for hydroxylation is 2. The van der Waals surface area contributed by atoms with E-state index in [1.165, 1.54) is 9.80 Å². The lowest BCUT2D eigenvalue weighted by Crippen LogP contribution is -2.49. The summed E-state index contributed by atoms with van der Waals surface area (Å²) in [5.74, 6) is -4.69. The van der Waals surface area contributed by atoms with Crippen LogP contribution in [0.5, 0.6) is 5.75 Å². The fourth-order valence-electron chi connectivity index (χ4n) is 10.2. The molecular formula is C46H37BrClN5O5S. The van der Waals surface area contributed by atoms with Crippen LogP contribution in [0.25, 0.3) is 20.7 Å². The highest BCUT2D eigenvalue weighted by Gasteiger charge is 2.68. The topological polar surface area (TPSA) is 125 Å². The van der Waals surface area contributed by atoms with E-state index in [1.54, 1.807) is 59.5 Å². The van der Waals surface area contributed by atoms with Gasteiger partial charge in [0.05, 0.1) is 33.7 Å². The Balaban J connectivity index is 1.03. The molecule has 0 unspecified atom stereocenters. The molecule has 59 heavy (non-hydrogen) atoms. The number of hydrogen-bond acceptors (Lipinski definition) is 8. The van der Waals surface area contributed by atoms with Crippen molar-refractivity contribution < 1.29 is 24.3 Å². The van der Waals surface area contributed by atoms with Crippen LogP contribution >= 0.6 is 38.9 Å². The number of para-hydroxylation sites is 1. The Hall–Kier alpha value is -5.56. The van der Waals surface area contributed by atoms with E-state index < -0.39 is 46.8 Å². The smallest absolute Gasteiger partial charge is 0.242 e. The van der Waals surface area contributed by atoms with E-state index in [0.29, 0.717) is 32.3 Å². The number of fused-ring (bicyclic) bond motifs is 5. The second-order valence-electron chi connectivity index (χ2n) is 16.1. The fraction of sp³-hybridized carbons (Fsp3) is 0.239. The average Bonchev–Trinajstić information content (AvgIpc) is 3.89. The molecule has 296 valence electrons. The van der Waals surface area contributed by atoms with Crippen LogP contribution in [0, 0.1) is 36.0 Å². The van der Waals surface area contributed by atoms with Gasteiger partial charge in [-0.2, -0.15) is 5.10 Å². The van der Waals surface area contributed by atoms with E-state index in [-0.39, 0.29) is 30.4 Å². The molecule has 2 aromatic heterocycles. The zero-order valence-corrected chi connectivity index (χ0v) is 35.3. The van der Waals surface area contributed by atoms with Gasteiger partial charge in [-0.3, -0.25) is 28.8 Å². The zero-order valence-electron chi connectivity index (χ0n) is 32.1. The number of thiophene rings is 1. The first-order chi connectivity index (χ1) is 28.3. The van der Waals surface area contributed by atoms with Gasteiger partial charge in [-0.1, -0.05) is 57.4 Å². The third-order valence-corrected chi connectivity index (χ3v) is 15.0. The number of phenolic OH excluding ortho intramolecular Hbond substituents is 1. The maximum atomic E-state index is 15.2. The lowest BCUT2D eigenvalue weighted by atomic mass is 9.51. The number of halogens is 2. The van der Waals surface area contributed by atoms with E-state index in [9.17, 15) is 19.5 Å². The molecule has 2 aliphatic carbocycles. The van der Waals surface area contributed by atoms with Crippen LogP contribution in [0.4, 0.5) is 22.9 Å². The van der Waals surface area contributed by atoms with E-state index >= 15 is 4.79 Å². The van der Waals surface area contributed by atoms with E-state index in [0.717, 1.165) is 37.5 Å². The zero-order chi connectivity index (χ0) is 41.1. The second kappa shape index (κ2) is 13.8. The molecular weight excluding hydrogens is 850 g/mol. The Morgan fingerprint density at radius 2 is 1.63 bits per heavy atom. The number of aromatic hydroxyl groups is 1.